The SMILES string of the molecule is CCCn1c(C)nc2c(N=C(C)Nc3cc(C=O)ccc3OC(C)C)c(C)ccc21. The first-order chi connectivity index (χ1) is 14.3. The monoisotopic (exact) mass is 406 g/mol. The van der Waals surface area contributed by atoms with Gasteiger partial charge in [-0.05, 0) is 70.9 Å². The molecule has 3 rings (SSSR count). The third-order valence-electron chi connectivity index (χ3n) is 4.83. The number of aryl methyl sites for hydroxylation is 3. The lowest BCUT2D eigenvalue weighted by Crippen LogP contribution is -2.12. The van der Waals surface area contributed by atoms with Gasteiger partial charge in [-0.1, -0.05) is 13.0 Å². The molecule has 1 heterocycles. The minimum Gasteiger partial charge on any atom is -0.489 e. The average Bonchev–Trinajstić information content (AvgIpc) is 3.01. The van der Waals surface area contributed by atoms with Crippen LogP contribution in [0.4, 0.5) is 11.4 Å². The van der Waals surface area contributed by atoms with E-state index in [9.17, 15) is 4.79 Å². The van der Waals surface area contributed by atoms with Gasteiger partial charge in [-0.25, -0.2) is 9.98 Å². The lowest BCUT2D eigenvalue weighted by Gasteiger charge is -2.16. The summed E-state index contributed by atoms with van der Waals surface area (Å²) in [4.78, 5) is 20.9. The van der Waals surface area contributed by atoms with E-state index in [2.05, 4.69) is 28.9 Å². The Bertz CT molecular complexity index is 1100. The van der Waals surface area contributed by atoms with Crippen LogP contribution in [0.2, 0.25) is 0 Å². The smallest absolute Gasteiger partial charge is 0.150 e. The number of hydrogen-bond acceptors (Lipinski definition) is 4. The number of aliphatic imine (C=N–C) groups is 1. The van der Waals surface area contributed by atoms with Crippen molar-refractivity contribution in [3.8, 4) is 5.75 Å². The van der Waals surface area contributed by atoms with Gasteiger partial charge in [0, 0.05) is 12.1 Å². The molecule has 0 aliphatic rings. The van der Waals surface area contributed by atoms with Gasteiger partial charge in [-0.3, -0.25) is 4.79 Å². The van der Waals surface area contributed by atoms with Gasteiger partial charge in [0.15, 0.2) is 0 Å². The molecular formula is C24H30N4O2. The molecule has 3 aromatic rings. The molecule has 6 heteroatoms. The minimum atomic E-state index is 0.0198. The van der Waals surface area contributed by atoms with Crippen LogP contribution in [0.5, 0.6) is 5.75 Å². The maximum atomic E-state index is 11.2. The first-order valence-electron chi connectivity index (χ1n) is 10.4. The molecule has 0 aliphatic heterocycles. The van der Waals surface area contributed by atoms with Crippen LogP contribution in [0, 0.1) is 13.8 Å². The minimum absolute atomic E-state index is 0.0198. The normalized spacial score (nSPS) is 11.9. The molecular weight excluding hydrogens is 376 g/mol. The van der Waals surface area contributed by atoms with Crippen LogP contribution < -0.4 is 10.1 Å². The van der Waals surface area contributed by atoms with Crippen molar-refractivity contribution in [1.29, 1.82) is 0 Å². The number of amidine groups is 1. The molecule has 0 saturated carbocycles. The quantitative estimate of drug-likeness (QED) is 0.305. The number of fused-ring (bicyclic) bond motifs is 1. The molecule has 6 nitrogen and oxygen atoms in total. The maximum Gasteiger partial charge on any atom is 0.150 e. The Labute approximate surface area is 178 Å². The molecule has 158 valence electrons. The molecule has 0 bridgehead atoms. The lowest BCUT2D eigenvalue weighted by molar-refractivity contribution is 0.112. The number of aldehydes is 1. The molecule has 0 spiro atoms. The van der Waals surface area contributed by atoms with Crippen LogP contribution >= 0.6 is 0 Å². The van der Waals surface area contributed by atoms with Crippen molar-refractivity contribution < 1.29 is 9.53 Å². The summed E-state index contributed by atoms with van der Waals surface area (Å²) < 4.78 is 8.12. The molecule has 0 unspecified atom stereocenters. The number of hydrogen-bond donors (Lipinski definition) is 1. The standard InChI is InChI=1S/C24H30N4O2/c1-7-12-28-18(6)27-24-21(28)10-8-16(4)23(24)26-17(5)25-20-13-19(14-29)9-11-22(20)30-15(2)3/h8-11,13-15H,7,12H2,1-6H3,(H,25,26). The molecule has 0 aliphatic carbocycles. The van der Waals surface area contributed by atoms with Crippen molar-refractivity contribution >= 4 is 34.5 Å². The number of aromatic nitrogens is 2. The molecule has 0 atom stereocenters. The summed E-state index contributed by atoms with van der Waals surface area (Å²) in [6, 6.07) is 9.53. The van der Waals surface area contributed by atoms with E-state index in [0.717, 1.165) is 47.4 Å². The van der Waals surface area contributed by atoms with Crippen LogP contribution in [-0.2, 0) is 6.54 Å². The first-order valence-corrected chi connectivity index (χ1v) is 10.4. The molecule has 30 heavy (non-hydrogen) atoms. The Balaban J connectivity index is 2.02. The molecule has 2 aromatic carbocycles. The molecule has 0 radical (unpaired) electrons. The fourth-order valence-electron chi connectivity index (χ4n) is 3.51. The van der Waals surface area contributed by atoms with Crippen LogP contribution in [0.1, 0.15) is 55.9 Å². The predicted octanol–water partition coefficient (Wildman–Crippen LogP) is 5.82. The van der Waals surface area contributed by atoms with Gasteiger partial charge in [0.1, 0.15) is 29.2 Å². The van der Waals surface area contributed by atoms with E-state index < -0.39 is 0 Å². The number of nitrogens with zero attached hydrogens (tertiary/aromatic N) is 3. The molecule has 0 amide bonds. The zero-order valence-corrected chi connectivity index (χ0v) is 18.6. The van der Waals surface area contributed by atoms with Gasteiger partial charge in [-0.15, -0.1) is 0 Å². The van der Waals surface area contributed by atoms with E-state index in [1.165, 1.54) is 0 Å². The van der Waals surface area contributed by atoms with Gasteiger partial charge in [0.2, 0.25) is 0 Å². The molecule has 1 aromatic heterocycles. The highest BCUT2D eigenvalue weighted by atomic mass is 16.5. The number of benzene rings is 2. The van der Waals surface area contributed by atoms with Crippen LogP contribution in [0.25, 0.3) is 11.0 Å². The summed E-state index contributed by atoms with van der Waals surface area (Å²) in [5.74, 6) is 2.37. The van der Waals surface area contributed by atoms with Gasteiger partial charge in [0.05, 0.1) is 23.0 Å². The third kappa shape index (κ3) is 4.53. The summed E-state index contributed by atoms with van der Waals surface area (Å²) >= 11 is 0. The molecule has 0 saturated heterocycles. The fraction of sp³-hybridized carbons (Fsp3) is 0.375. The van der Waals surface area contributed by atoms with Crippen molar-refractivity contribution in [2.45, 2.75) is 60.6 Å². The second-order valence-corrected chi connectivity index (χ2v) is 7.77. The Morgan fingerprint density at radius 3 is 2.70 bits per heavy atom. The van der Waals surface area contributed by atoms with Crippen molar-refractivity contribution in [2.24, 2.45) is 4.99 Å². The molecule has 0 fully saturated rings. The number of carbonyl (C=O) groups excluding carboxylic acids is 1. The van der Waals surface area contributed by atoms with E-state index in [4.69, 9.17) is 14.7 Å². The largest absolute Gasteiger partial charge is 0.489 e. The lowest BCUT2D eigenvalue weighted by atomic mass is 10.1. The Morgan fingerprint density at radius 2 is 2.03 bits per heavy atom. The van der Waals surface area contributed by atoms with Crippen molar-refractivity contribution in [2.75, 3.05) is 5.32 Å². The Kier molecular flexibility index (Phi) is 6.55. The third-order valence-corrected chi connectivity index (χ3v) is 4.83. The summed E-state index contributed by atoms with van der Waals surface area (Å²) in [6.45, 7) is 13.0. The summed E-state index contributed by atoms with van der Waals surface area (Å²) in [6.07, 6.45) is 1.89. The van der Waals surface area contributed by atoms with Gasteiger partial charge < -0.3 is 14.6 Å². The summed E-state index contributed by atoms with van der Waals surface area (Å²) in [5.41, 5.74) is 5.21. The molecule has 1 N–H and O–H groups in total. The Morgan fingerprint density at radius 1 is 1.27 bits per heavy atom. The van der Waals surface area contributed by atoms with Crippen molar-refractivity contribution in [1.82, 2.24) is 9.55 Å². The van der Waals surface area contributed by atoms with E-state index in [-0.39, 0.29) is 6.10 Å². The van der Waals surface area contributed by atoms with Crippen LogP contribution in [0.15, 0.2) is 35.3 Å². The summed E-state index contributed by atoms with van der Waals surface area (Å²) in [5, 5.41) is 3.31. The number of anilines is 1. The highest BCUT2D eigenvalue weighted by Crippen LogP contribution is 2.31. The second-order valence-electron chi connectivity index (χ2n) is 7.77. The van der Waals surface area contributed by atoms with E-state index in [1.807, 2.05) is 34.6 Å². The summed E-state index contributed by atoms with van der Waals surface area (Å²) in [7, 11) is 0. The number of nitrogens with one attached hydrogen (secondary N) is 1. The second kappa shape index (κ2) is 9.11. The van der Waals surface area contributed by atoms with Gasteiger partial charge in [-0.2, -0.15) is 0 Å². The number of imidazole rings is 1. The first kappa shape index (κ1) is 21.6. The zero-order chi connectivity index (χ0) is 21.8. The van der Waals surface area contributed by atoms with Crippen LogP contribution in [0.3, 0.4) is 0 Å². The van der Waals surface area contributed by atoms with E-state index >= 15 is 0 Å². The Hall–Kier alpha value is -3.15. The highest BCUT2D eigenvalue weighted by Gasteiger charge is 2.14. The number of carbonyl (C=O) groups is 1. The van der Waals surface area contributed by atoms with Crippen LogP contribution in [-0.4, -0.2) is 27.8 Å². The van der Waals surface area contributed by atoms with Crippen molar-refractivity contribution in [3.05, 3.63) is 47.3 Å². The van der Waals surface area contributed by atoms with E-state index in [0.29, 0.717) is 22.8 Å². The number of ether oxygens (including phenoxy) is 1. The predicted molar refractivity (Wildman–Crippen MR) is 123 cm³/mol. The number of rotatable bonds is 7. The van der Waals surface area contributed by atoms with Crippen molar-refractivity contribution in [3.63, 3.8) is 0 Å². The highest BCUT2D eigenvalue weighted by molar-refractivity contribution is 6.00. The topological polar surface area (TPSA) is 68.5 Å². The maximum absolute atomic E-state index is 11.2. The fourth-order valence-corrected chi connectivity index (χ4v) is 3.51. The van der Waals surface area contributed by atoms with Gasteiger partial charge >= 0.3 is 0 Å². The average molecular weight is 407 g/mol. The van der Waals surface area contributed by atoms with E-state index in [1.54, 1.807) is 18.2 Å². The zero-order valence-electron chi connectivity index (χ0n) is 18.6. The van der Waals surface area contributed by atoms with Gasteiger partial charge in [0.25, 0.3) is 0 Å².